The van der Waals surface area contributed by atoms with Gasteiger partial charge in [0.15, 0.2) is 0 Å². The molecule has 3 nitrogen and oxygen atoms in total. The monoisotopic (exact) mass is 219 g/mol. The number of nitrogens with zero attached hydrogens (tertiary/aromatic N) is 1. The van der Waals surface area contributed by atoms with Crippen LogP contribution in [0, 0.1) is 5.92 Å². The van der Waals surface area contributed by atoms with Crippen LogP contribution in [0.4, 0.5) is 5.69 Å². The fourth-order valence-corrected chi connectivity index (χ4v) is 2.07. The van der Waals surface area contributed by atoms with Crippen LogP contribution >= 0.6 is 0 Å². The molecule has 2 rings (SSSR count). The van der Waals surface area contributed by atoms with Crippen molar-refractivity contribution in [2.75, 3.05) is 25.1 Å². The van der Waals surface area contributed by atoms with Crippen molar-refractivity contribution in [1.29, 1.82) is 0 Å². The fraction of sp³-hybridized carbons (Fsp3) is 0.462. The van der Waals surface area contributed by atoms with Crippen LogP contribution in [0.25, 0.3) is 0 Å². The molecule has 0 amide bonds. The third-order valence-corrected chi connectivity index (χ3v) is 2.97. The Hall–Kier alpha value is -1.51. The number of carbonyl (C=O) groups is 1. The van der Waals surface area contributed by atoms with Gasteiger partial charge in [0.2, 0.25) is 0 Å². The largest absolute Gasteiger partial charge is 0.466 e. The van der Waals surface area contributed by atoms with Gasteiger partial charge in [0, 0.05) is 19.3 Å². The minimum atomic E-state index is -0.0577. The standard InChI is InChI=1S/C13H17NO2/c1-14(12-5-3-2-4-6-12)10-11-7-8-16-13(15)9-11/h2-6,11H,7-10H2,1H3. The number of benzene rings is 1. The first-order chi connectivity index (χ1) is 7.75. The lowest BCUT2D eigenvalue weighted by atomic mass is 9.99. The maximum atomic E-state index is 11.2. The summed E-state index contributed by atoms with van der Waals surface area (Å²) in [5.74, 6) is 0.365. The van der Waals surface area contributed by atoms with Gasteiger partial charge in [-0.2, -0.15) is 0 Å². The lowest BCUT2D eigenvalue weighted by molar-refractivity contribution is -0.148. The molecule has 1 unspecified atom stereocenters. The molecule has 1 heterocycles. The third-order valence-electron chi connectivity index (χ3n) is 2.97. The van der Waals surface area contributed by atoms with Crippen LogP contribution in [0.2, 0.25) is 0 Å². The highest BCUT2D eigenvalue weighted by atomic mass is 16.5. The Morgan fingerprint density at radius 2 is 2.12 bits per heavy atom. The lowest BCUT2D eigenvalue weighted by Crippen LogP contribution is -2.31. The van der Waals surface area contributed by atoms with E-state index in [1.165, 1.54) is 5.69 Å². The zero-order valence-corrected chi connectivity index (χ0v) is 9.56. The molecule has 1 aliphatic rings. The van der Waals surface area contributed by atoms with Crippen LogP contribution in [-0.2, 0) is 9.53 Å². The van der Waals surface area contributed by atoms with E-state index in [9.17, 15) is 4.79 Å². The highest BCUT2D eigenvalue weighted by molar-refractivity contribution is 5.70. The first-order valence-electron chi connectivity index (χ1n) is 5.67. The van der Waals surface area contributed by atoms with Gasteiger partial charge >= 0.3 is 5.97 Å². The van der Waals surface area contributed by atoms with Crippen molar-refractivity contribution >= 4 is 11.7 Å². The zero-order valence-electron chi connectivity index (χ0n) is 9.56. The van der Waals surface area contributed by atoms with E-state index in [4.69, 9.17) is 4.74 Å². The summed E-state index contributed by atoms with van der Waals surface area (Å²) in [6, 6.07) is 10.2. The summed E-state index contributed by atoms with van der Waals surface area (Å²) in [6.45, 7) is 1.49. The van der Waals surface area contributed by atoms with Gasteiger partial charge in [-0.1, -0.05) is 18.2 Å². The van der Waals surface area contributed by atoms with E-state index in [0.29, 0.717) is 18.9 Å². The van der Waals surface area contributed by atoms with Crippen molar-refractivity contribution in [1.82, 2.24) is 0 Å². The van der Waals surface area contributed by atoms with Crippen LogP contribution < -0.4 is 4.90 Å². The van der Waals surface area contributed by atoms with Gasteiger partial charge < -0.3 is 9.64 Å². The Morgan fingerprint density at radius 1 is 1.38 bits per heavy atom. The second-order valence-corrected chi connectivity index (χ2v) is 4.30. The number of anilines is 1. The molecule has 0 radical (unpaired) electrons. The predicted octanol–water partition coefficient (Wildman–Crippen LogP) is 2.08. The lowest BCUT2D eigenvalue weighted by Gasteiger charge is -2.27. The van der Waals surface area contributed by atoms with E-state index in [-0.39, 0.29) is 5.97 Å². The minimum absolute atomic E-state index is 0.0577. The van der Waals surface area contributed by atoms with E-state index in [1.807, 2.05) is 18.2 Å². The quantitative estimate of drug-likeness (QED) is 0.729. The summed E-state index contributed by atoms with van der Waals surface area (Å²) >= 11 is 0. The van der Waals surface area contributed by atoms with Gasteiger partial charge in [-0.25, -0.2) is 0 Å². The minimum Gasteiger partial charge on any atom is -0.466 e. The average Bonchev–Trinajstić information content (AvgIpc) is 2.30. The van der Waals surface area contributed by atoms with Crippen LogP contribution in [-0.4, -0.2) is 26.2 Å². The summed E-state index contributed by atoms with van der Waals surface area (Å²) in [7, 11) is 2.06. The van der Waals surface area contributed by atoms with E-state index in [0.717, 1.165) is 13.0 Å². The molecule has 1 atom stereocenters. The zero-order chi connectivity index (χ0) is 11.4. The van der Waals surface area contributed by atoms with Crippen molar-refractivity contribution < 1.29 is 9.53 Å². The Kier molecular flexibility index (Phi) is 3.44. The summed E-state index contributed by atoms with van der Waals surface area (Å²) < 4.78 is 4.94. The van der Waals surface area contributed by atoms with Gasteiger partial charge in [0.25, 0.3) is 0 Å². The topological polar surface area (TPSA) is 29.5 Å². The number of carbonyl (C=O) groups excluding carboxylic acids is 1. The molecule has 0 bridgehead atoms. The Labute approximate surface area is 96.0 Å². The molecule has 1 aromatic carbocycles. The average molecular weight is 219 g/mol. The number of cyclic esters (lactones) is 1. The molecule has 0 saturated carbocycles. The third kappa shape index (κ3) is 2.75. The summed E-state index contributed by atoms with van der Waals surface area (Å²) in [5.41, 5.74) is 1.20. The maximum Gasteiger partial charge on any atom is 0.306 e. The number of para-hydroxylation sites is 1. The Morgan fingerprint density at radius 3 is 2.81 bits per heavy atom. The molecule has 3 heteroatoms. The van der Waals surface area contributed by atoms with Gasteiger partial charge in [0.05, 0.1) is 13.0 Å². The van der Waals surface area contributed by atoms with E-state index >= 15 is 0 Å². The maximum absolute atomic E-state index is 11.2. The predicted molar refractivity (Wildman–Crippen MR) is 63.4 cm³/mol. The van der Waals surface area contributed by atoms with E-state index in [1.54, 1.807) is 0 Å². The Balaban J connectivity index is 1.92. The normalized spacial score (nSPS) is 20.3. The molecule has 0 spiro atoms. The van der Waals surface area contributed by atoms with Crippen LogP contribution in [0.5, 0.6) is 0 Å². The van der Waals surface area contributed by atoms with E-state index in [2.05, 4.69) is 24.1 Å². The first-order valence-corrected chi connectivity index (χ1v) is 5.67. The molecule has 1 saturated heterocycles. The molecule has 1 aromatic rings. The molecule has 16 heavy (non-hydrogen) atoms. The SMILES string of the molecule is CN(CC1CCOC(=O)C1)c1ccccc1. The number of hydrogen-bond donors (Lipinski definition) is 0. The van der Waals surface area contributed by atoms with E-state index < -0.39 is 0 Å². The van der Waals surface area contributed by atoms with Crippen LogP contribution in [0.1, 0.15) is 12.8 Å². The molecular weight excluding hydrogens is 202 g/mol. The molecule has 0 aliphatic carbocycles. The molecule has 0 N–H and O–H groups in total. The summed E-state index contributed by atoms with van der Waals surface area (Å²) in [5, 5.41) is 0. The number of hydrogen-bond acceptors (Lipinski definition) is 3. The first kappa shape index (κ1) is 11.0. The molecule has 0 aromatic heterocycles. The van der Waals surface area contributed by atoms with Crippen molar-refractivity contribution in [2.24, 2.45) is 5.92 Å². The summed E-state index contributed by atoms with van der Waals surface area (Å²) in [4.78, 5) is 13.3. The van der Waals surface area contributed by atoms with Crippen LogP contribution in [0.15, 0.2) is 30.3 Å². The number of ether oxygens (including phenoxy) is 1. The van der Waals surface area contributed by atoms with Crippen molar-refractivity contribution in [3.05, 3.63) is 30.3 Å². The highest BCUT2D eigenvalue weighted by Crippen LogP contribution is 2.20. The van der Waals surface area contributed by atoms with Gasteiger partial charge in [-0.05, 0) is 24.5 Å². The molecular formula is C13H17NO2. The van der Waals surface area contributed by atoms with Gasteiger partial charge in [-0.15, -0.1) is 0 Å². The fourth-order valence-electron chi connectivity index (χ4n) is 2.07. The Bertz CT molecular complexity index is 350. The molecule has 1 aliphatic heterocycles. The van der Waals surface area contributed by atoms with Crippen molar-refractivity contribution in [2.45, 2.75) is 12.8 Å². The van der Waals surface area contributed by atoms with Crippen molar-refractivity contribution in [3.8, 4) is 0 Å². The number of rotatable bonds is 3. The number of esters is 1. The molecule has 86 valence electrons. The smallest absolute Gasteiger partial charge is 0.306 e. The van der Waals surface area contributed by atoms with Crippen molar-refractivity contribution in [3.63, 3.8) is 0 Å². The molecule has 1 fully saturated rings. The van der Waals surface area contributed by atoms with Gasteiger partial charge in [-0.3, -0.25) is 4.79 Å². The second-order valence-electron chi connectivity index (χ2n) is 4.30. The summed E-state index contributed by atoms with van der Waals surface area (Å²) in [6.07, 6.45) is 1.53. The second kappa shape index (κ2) is 5.01. The van der Waals surface area contributed by atoms with Gasteiger partial charge in [0.1, 0.15) is 0 Å². The van der Waals surface area contributed by atoms with Crippen LogP contribution in [0.3, 0.4) is 0 Å². The highest BCUT2D eigenvalue weighted by Gasteiger charge is 2.21.